The predicted molar refractivity (Wildman–Crippen MR) is 131 cm³/mol. The number of hydrogen-bond acceptors (Lipinski definition) is 5. The van der Waals surface area contributed by atoms with Gasteiger partial charge in [0.1, 0.15) is 18.9 Å². The van der Waals surface area contributed by atoms with E-state index in [1.807, 2.05) is 30.3 Å². The van der Waals surface area contributed by atoms with Crippen LogP contribution < -0.4 is 14.5 Å². The summed E-state index contributed by atoms with van der Waals surface area (Å²) in [7, 11) is -3.70. The lowest BCUT2D eigenvalue weighted by Gasteiger charge is -2.21. The van der Waals surface area contributed by atoms with Gasteiger partial charge >= 0.3 is 0 Å². The van der Waals surface area contributed by atoms with Crippen molar-refractivity contribution in [1.29, 1.82) is 0 Å². The number of benzene rings is 3. The van der Waals surface area contributed by atoms with Gasteiger partial charge in [0.05, 0.1) is 18.2 Å². The second-order valence-corrected chi connectivity index (χ2v) is 9.65. The average molecular weight is 486 g/mol. The van der Waals surface area contributed by atoms with Crippen LogP contribution in [0.25, 0.3) is 0 Å². The molecule has 0 fully saturated rings. The molecule has 172 valence electrons. The normalized spacial score (nSPS) is 11.4. The number of rotatable bonds is 9. The van der Waals surface area contributed by atoms with Gasteiger partial charge in [-0.05, 0) is 60.0 Å². The van der Waals surface area contributed by atoms with Gasteiger partial charge in [-0.2, -0.15) is 5.10 Å². The zero-order valence-corrected chi connectivity index (χ0v) is 19.8. The van der Waals surface area contributed by atoms with Crippen molar-refractivity contribution < 1.29 is 17.9 Å². The van der Waals surface area contributed by atoms with Crippen molar-refractivity contribution in [3.63, 3.8) is 0 Å². The van der Waals surface area contributed by atoms with Crippen molar-refractivity contribution >= 4 is 39.4 Å². The Balaban J connectivity index is 1.56. The average Bonchev–Trinajstić information content (AvgIpc) is 2.79. The number of anilines is 1. The minimum absolute atomic E-state index is 0.304. The van der Waals surface area contributed by atoms with Gasteiger partial charge in [0.25, 0.3) is 5.91 Å². The van der Waals surface area contributed by atoms with Crippen molar-refractivity contribution in [2.45, 2.75) is 13.5 Å². The van der Waals surface area contributed by atoms with E-state index in [9.17, 15) is 13.2 Å². The van der Waals surface area contributed by atoms with Crippen molar-refractivity contribution in [2.75, 3.05) is 17.1 Å². The van der Waals surface area contributed by atoms with Crippen molar-refractivity contribution in [3.8, 4) is 5.75 Å². The molecule has 1 amide bonds. The molecule has 3 aromatic carbocycles. The van der Waals surface area contributed by atoms with Gasteiger partial charge in [-0.1, -0.05) is 48.0 Å². The number of nitrogens with one attached hydrogen (secondary N) is 1. The van der Waals surface area contributed by atoms with Crippen molar-refractivity contribution in [3.05, 3.63) is 94.5 Å². The van der Waals surface area contributed by atoms with E-state index >= 15 is 0 Å². The smallest absolute Gasteiger partial charge is 0.260 e. The monoisotopic (exact) mass is 485 g/mol. The molecule has 0 aliphatic carbocycles. The Kier molecular flexibility index (Phi) is 8.08. The fourth-order valence-electron chi connectivity index (χ4n) is 2.87. The molecule has 0 radical (unpaired) electrons. The third-order valence-electron chi connectivity index (χ3n) is 4.66. The maximum atomic E-state index is 12.3. The van der Waals surface area contributed by atoms with Gasteiger partial charge in [-0.3, -0.25) is 9.10 Å². The molecule has 0 saturated carbocycles. The summed E-state index contributed by atoms with van der Waals surface area (Å²) in [5, 5.41) is 4.33. The Morgan fingerprint density at radius 2 is 1.79 bits per heavy atom. The van der Waals surface area contributed by atoms with E-state index in [4.69, 9.17) is 16.3 Å². The molecule has 0 atom stereocenters. The molecule has 0 heterocycles. The third-order valence-corrected chi connectivity index (χ3v) is 6.21. The summed E-state index contributed by atoms with van der Waals surface area (Å²) in [6.07, 6.45) is 2.49. The Hall–Kier alpha value is -3.36. The first kappa shape index (κ1) is 24.3. The number of amides is 1. The van der Waals surface area contributed by atoms with E-state index in [2.05, 4.69) is 10.5 Å². The highest BCUT2D eigenvalue weighted by atomic mass is 35.5. The SMILES string of the molecule is Cc1ccc(N(CC(=O)N/N=C\c2ccc(OCc3ccccc3)cc2)S(C)(=O)=O)cc1Cl. The van der Waals surface area contributed by atoms with Crippen LogP contribution in [0.3, 0.4) is 0 Å². The predicted octanol–water partition coefficient (Wildman–Crippen LogP) is 4.14. The summed E-state index contributed by atoms with van der Waals surface area (Å²) in [6.45, 7) is 1.84. The number of halogens is 1. The molecule has 1 N–H and O–H groups in total. The van der Waals surface area contributed by atoms with Gasteiger partial charge in [0.2, 0.25) is 10.0 Å². The summed E-state index contributed by atoms with van der Waals surface area (Å²) in [5.74, 6) is 0.122. The Bertz CT molecular complexity index is 1230. The first-order valence-corrected chi connectivity index (χ1v) is 12.3. The maximum Gasteiger partial charge on any atom is 0.260 e. The first-order valence-electron chi connectivity index (χ1n) is 10.0. The van der Waals surface area contributed by atoms with E-state index < -0.39 is 22.5 Å². The van der Waals surface area contributed by atoms with Gasteiger partial charge in [0.15, 0.2) is 0 Å². The Morgan fingerprint density at radius 1 is 1.09 bits per heavy atom. The number of carbonyl (C=O) groups excluding carboxylic acids is 1. The van der Waals surface area contributed by atoms with Crippen molar-refractivity contribution in [1.82, 2.24) is 5.43 Å². The molecule has 33 heavy (non-hydrogen) atoms. The molecule has 9 heteroatoms. The van der Waals surface area contributed by atoms with E-state index in [1.165, 1.54) is 12.3 Å². The van der Waals surface area contributed by atoms with Crippen LogP contribution >= 0.6 is 11.6 Å². The van der Waals surface area contributed by atoms with Crippen LogP contribution in [-0.2, 0) is 21.4 Å². The van der Waals surface area contributed by atoms with Crippen LogP contribution in [0.2, 0.25) is 5.02 Å². The van der Waals surface area contributed by atoms with E-state index in [1.54, 1.807) is 43.3 Å². The molecule has 0 spiro atoms. The van der Waals surface area contributed by atoms with Crippen LogP contribution in [0.5, 0.6) is 5.75 Å². The summed E-state index contributed by atoms with van der Waals surface area (Å²) < 4.78 is 31.1. The van der Waals surface area contributed by atoms with Gasteiger partial charge in [-0.25, -0.2) is 13.8 Å². The number of sulfonamides is 1. The molecular weight excluding hydrogens is 462 g/mol. The number of ether oxygens (including phenoxy) is 1. The summed E-state index contributed by atoms with van der Waals surface area (Å²) >= 11 is 6.10. The number of hydrogen-bond donors (Lipinski definition) is 1. The zero-order chi connectivity index (χ0) is 23.8. The Labute approximate surface area is 198 Å². The number of nitrogens with zero attached hydrogens (tertiary/aromatic N) is 2. The highest BCUT2D eigenvalue weighted by molar-refractivity contribution is 7.92. The van der Waals surface area contributed by atoms with Crippen LogP contribution in [0.4, 0.5) is 5.69 Å². The lowest BCUT2D eigenvalue weighted by atomic mass is 10.2. The van der Waals surface area contributed by atoms with Gasteiger partial charge < -0.3 is 4.74 Å². The lowest BCUT2D eigenvalue weighted by Crippen LogP contribution is -2.39. The summed E-state index contributed by atoms with van der Waals surface area (Å²) in [5.41, 5.74) is 5.27. The highest BCUT2D eigenvalue weighted by Gasteiger charge is 2.21. The van der Waals surface area contributed by atoms with Gasteiger partial charge in [-0.15, -0.1) is 0 Å². The minimum Gasteiger partial charge on any atom is -0.489 e. The third kappa shape index (κ3) is 7.34. The fourth-order valence-corrected chi connectivity index (χ4v) is 3.90. The van der Waals surface area contributed by atoms with E-state index in [-0.39, 0.29) is 0 Å². The van der Waals surface area contributed by atoms with E-state index in [0.29, 0.717) is 23.1 Å². The quantitative estimate of drug-likeness (QED) is 0.364. The molecule has 0 aliphatic heterocycles. The molecule has 0 aliphatic rings. The summed E-state index contributed by atoms with van der Waals surface area (Å²) in [6, 6.07) is 21.8. The first-order chi connectivity index (χ1) is 15.7. The molecule has 0 unspecified atom stereocenters. The fraction of sp³-hybridized carbons (Fsp3) is 0.167. The molecule has 7 nitrogen and oxygen atoms in total. The van der Waals surface area contributed by atoms with Crippen LogP contribution in [0, 0.1) is 6.92 Å². The topological polar surface area (TPSA) is 88.1 Å². The van der Waals surface area contributed by atoms with E-state index in [0.717, 1.165) is 27.3 Å². The molecule has 3 rings (SSSR count). The molecule has 0 saturated heterocycles. The molecule has 3 aromatic rings. The molecular formula is C24H24ClN3O4S. The van der Waals surface area contributed by atoms with Crippen molar-refractivity contribution in [2.24, 2.45) is 5.10 Å². The van der Waals surface area contributed by atoms with Crippen LogP contribution in [-0.4, -0.2) is 33.3 Å². The highest BCUT2D eigenvalue weighted by Crippen LogP contribution is 2.24. The van der Waals surface area contributed by atoms with Crippen LogP contribution in [0.15, 0.2) is 77.9 Å². The maximum absolute atomic E-state index is 12.3. The second kappa shape index (κ2) is 11.0. The molecule has 0 aromatic heterocycles. The number of carbonyl (C=O) groups is 1. The summed E-state index contributed by atoms with van der Waals surface area (Å²) in [4.78, 5) is 12.3. The lowest BCUT2D eigenvalue weighted by molar-refractivity contribution is -0.119. The number of aryl methyl sites for hydroxylation is 1. The standard InChI is InChI=1S/C24H24ClN3O4S/c1-18-8-11-21(14-23(18)25)28(33(2,30)31)16-24(29)27-26-15-19-9-12-22(13-10-19)32-17-20-6-4-3-5-7-20/h3-15H,16-17H2,1-2H3,(H,27,29)/b26-15-. The van der Waals surface area contributed by atoms with Gasteiger partial charge in [0, 0.05) is 5.02 Å². The second-order valence-electron chi connectivity index (χ2n) is 7.34. The van der Waals surface area contributed by atoms with Crippen LogP contribution in [0.1, 0.15) is 16.7 Å². The molecule has 0 bridgehead atoms. The zero-order valence-electron chi connectivity index (χ0n) is 18.2. The largest absolute Gasteiger partial charge is 0.489 e. The number of hydrazone groups is 1. The Morgan fingerprint density at radius 3 is 2.42 bits per heavy atom. The minimum atomic E-state index is -3.70.